The van der Waals surface area contributed by atoms with E-state index in [9.17, 15) is 0 Å². The number of hydrogen-bond acceptors (Lipinski definition) is 3. The van der Waals surface area contributed by atoms with Crippen molar-refractivity contribution in [2.75, 3.05) is 0 Å². The van der Waals surface area contributed by atoms with Crippen molar-refractivity contribution in [1.82, 2.24) is 15.0 Å². The number of H-pyrrole nitrogens is 1. The van der Waals surface area contributed by atoms with Crippen LogP contribution in [0, 0.1) is 20.8 Å². The van der Waals surface area contributed by atoms with E-state index in [0.29, 0.717) is 5.76 Å². The third-order valence-electron chi connectivity index (χ3n) is 2.88. The van der Waals surface area contributed by atoms with Gasteiger partial charge in [0.2, 0.25) is 0 Å². The maximum atomic E-state index is 5.35. The Labute approximate surface area is 98.7 Å². The van der Waals surface area contributed by atoms with Crippen molar-refractivity contribution in [2.45, 2.75) is 20.8 Å². The van der Waals surface area contributed by atoms with Gasteiger partial charge in [-0.05, 0) is 38.0 Å². The summed E-state index contributed by atoms with van der Waals surface area (Å²) in [4.78, 5) is 11.9. The first kappa shape index (κ1) is 10.1. The average molecular weight is 227 g/mol. The molecular formula is C13H13N3O. The molecule has 17 heavy (non-hydrogen) atoms. The van der Waals surface area contributed by atoms with E-state index in [2.05, 4.69) is 40.9 Å². The highest BCUT2D eigenvalue weighted by molar-refractivity contribution is 5.82. The van der Waals surface area contributed by atoms with Crippen LogP contribution in [0.1, 0.15) is 16.8 Å². The Morgan fingerprint density at radius 2 is 2.00 bits per heavy atom. The standard InChI is InChI=1S/C13H13N3O/c1-7-4-8(2)11-10(5-7)15-13(16-11)12-9(3)14-6-17-12/h4-6H,1-3H3,(H,15,16). The van der Waals surface area contributed by atoms with E-state index in [1.165, 1.54) is 17.5 Å². The molecule has 0 radical (unpaired) electrons. The largest absolute Gasteiger partial charge is 0.440 e. The van der Waals surface area contributed by atoms with Crippen molar-refractivity contribution < 1.29 is 4.42 Å². The summed E-state index contributed by atoms with van der Waals surface area (Å²) in [6.07, 6.45) is 1.44. The molecule has 1 N–H and O–H groups in total. The van der Waals surface area contributed by atoms with Crippen LogP contribution in [0.3, 0.4) is 0 Å². The van der Waals surface area contributed by atoms with E-state index in [4.69, 9.17) is 4.42 Å². The normalized spacial score (nSPS) is 11.2. The molecule has 0 unspecified atom stereocenters. The van der Waals surface area contributed by atoms with Gasteiger partial charge in [0, 0.05) is 0 Å². The zero-order valence-corrected chi connectivity index (χ0v) is 10.0. The summed E-state index contributed by atoms with van der Waals surface area (Å²) in [7, 11) is 0. The number of nitrogens with one attached hydrogen (secondary N) is 1. The summed E-state index contributed by atoms with van der Waals surface area (Å²) >= 11 is 0. The molecule has 0 spiro atoms. The number of aromatic amines is 1. The number of fused-ring (bicyclic) bond motifs is 1. The van der Waals surface area contributed by atoms with Crippen molar-refractivity contribution in [1.29, 1.82) is 0 Å². The van der Waals surface area contributed by atoms with Gasteiger partial charge >= 0.3 is 0 Å². The van der Waals surface area contributed by atoms with Crippen LogP contribution in [0.2, 0.25) is 0 Å². The fourth-order valence-corrected chi connectivity index (χ4v) is 2.11. The first-order chi connectivity index (χ1) is 8.15. The third-order valence-corrected chi connectivity index (χ3v) is 2.88. The lowest BCUT2D eigenvalue weighted by Crippen LogP contribution is -1.81. The highest BCUT2D eigenvalue weighted by Crippen LogP contribution is 2.25. The Balaban J connectivity index is 2.27. The highest BCUT2D eigenvalue weighted by Gasteiger charge is 2.13. The van der Waals surface area contributed by atoms with Gasteiger partial charge in [-0.3, -0.25) is 0 Å². The van der Waals surface area contributed by atoms with Gasteiger partial charge in [0.1, 0.15) is 0 Å². The zero-order chi connectivity index (χ0) is 12.0. The summed E-state index contributed by atoms with van der Waals surface area (Å²) < 4.78 is 5.35. The molecule has 0 aliphatic rings. The summed E-state index contributed by atoms with van der Waals surface area (Å²) in [5.41, 5.74) is 5.26. The van der Waals surface area contributed by atoms with Crippen molar-refractivity contribution >= 4 is 11.0 Å². The van der Waals surface area contributed by atoms with E-state index in [1.807, 2.05) is 6.92 Å². The monoisotopic (exact) mass is 227 g/mol. The number of aromatic nitrogens is 3. The molecule has 0 saturated carbocycles. The summed E-state index contributed by atoms with van der Waals surface area (Å²) in [5.74, 6) is 1.45. The topological polar surface area (TPSA) is 54.7 Å². The molecule has 3 aromatic rings. The van der Waals surface area contributed by atoms with Crippen LogP contribution >= 0.6 is 0 Å². The van der Waals surface area contributed by atoms with Crippen LogP contribution in [0.15, 0.2) is 22.9 Å². The predicted molar refractivity (Wildman–Crippen MR) is 65.8 cm³/mol. The van der Waals surface area contributed by atoms with E-state index in [1.54, 1.807) is 0 Å². The van der Waals surface area contributed by atoms with Gasteiger partial charge in [0.05, 0.1) is 16.7 Å². The lowest BCUT2D eigenvalue weighted by atomic mass is 10.1. The lowest BCUT2D eigenvalue weighted by molar-refractivity contribution is 0.567. The van der Waals surface area contributed by atoms with E-state index in [0.717, 1.165) is 22.6 Å². The van der Waals surface area contributed by atoms with Crippen molar-refractivity contribution in [2.24, 2.45) is 0 Å². The predicted octanol–water partition coefficient (Wildman–Crippen LogP) is 3.14. The second-order valence-corrected chi connectivity index (χ2v) is 4.33. The Hall–Kier alpha value is -2.10. The minimum atomic E-state index is 0.707. The molecule has 0 atom stereocenters. The molecule has 3 rings (SSSR count). The van der Waals surface area contributed by atoms with Gasteiger partial charge < -0.3 is 9.40 Å². The second-order valence-electron chi connectivity index (χ2n) is 4.33. The smallest absolute Gasteiger partial charge is 0.192 e. The second kappa shape index (κ2) is 3.45. The number of aryl methyl sites for hydroxylation is 3. The quantitative estimate of drug-likeness (QED) is 0.694. The highest BCUT2D eigenvalue weighted by atomic mass is 16.3. The van der Waals surface area contributed by atoms with Crippen LogP contribution in [-0.4, -0.2) is 15.0 Å². The van der Waals surface area contributed by atoms with Gasteiger partial charge in [-0.15, -0.1) is 0 Å². The van der Waals surface area contributed by atoms with Crippen molar-refractivity contribution in [3.8, 4) is 11.6 Å². The molecule has 2 heterocycles. The molecule has 2 aromatic heterocycles. The van der Waals surface area contributed by atoms with Gasteiger partial charge in [-0.1, -0.05) is 6.07 Å². The third kappa shape index (κ3) is 1.53. The first-order valence-electron chi connectivity index (χ1n) is 5.52. The summed E-state index contributed by atoms with van der Waals surface area (Å²) in [6, 6.07) is 4.21. The number of oxazole rings is 1. The Morgan fingerprint density at radius 3 is 2.71 bits per heavy atom. The fraction of sp³-hybridized carbons (Fsp3) is 0.231. The fourth-order valence-electron chi connectivity index (χ4n) is 2.11. The molecule has 0 bridgehead atoms. The number of hydrogen-bond donors (Lipinski definition) is 1. The first-order valence-corrected chi connectivity index (χ1v) is 5.52. The molecule has 1 aromatic carbocycles. The molecule has 4 nitrogen and oxygen atoms in total. The maximum Gasteiger partial charge on any atom is 0.192 e. The van der Waals surface area contributed by atoms with E-state index < -0.39 is 0 Å². The van der Waals surface area contributed by atoms with Gasteiger partial charge in [0.15, 0.2) is 18.0 Å². The SMILES string of the molecule is Cc1cc(C)c2nc(-c3ocnc3C)[nH]c2c1. The van der Waals surface area contributed by atoms with Crippen molar-refractivity contribution in [3.05, 3.63) is 35.3 Å². The molecular weight excluding hydrogens is 214 g/mol. The number of rotatable bonds is 1. The summed E-state index contributed by atoms with van der Waals surface area (Å²) in [5, 5.41) is 0. The zero-order valence-electron chi connectivity index (χ0n) is 10.0. The lowest BCUT2D eigenvalue weighted by Gasteiger charge is -1.96. The molecule has 0 fully saturated rings. The maximum absolute atomic E-state index is 5.35. The minimum absolute atomic E-state index is 0.707. The molecule has 4 heteroatoms. The minimum Gasteiger partial charge on any atom is -0.440 e. The molecule has 0 saturated heterocycles. The number of imidazole rings is 1. The average Bonchev–Trinajstić information content (AvgIpc) is 2.83. The van der Waals surface area contributed by atoms with E-state index >= 15 is 0 Å². The molecule has 0 aliphatic carbocycles. The molecule has 0 aliphatic heterocycles. The van der Waals surface area contributed by atoms with Crippen LogP contribution in [-0.2, 0) is 0 Å². The van der Waals surface area contributed by atoms with Crippen LogP contribution in [0.5, 0.6) is 0 Å². The number of benzene rings is 1. The van der Waals surface area contributed by atoms with Gasteiger partial charge in [-0.25, -0.2) is 9.97 Å². The van der Waals surface area contributed by atoms with Crippen LogP contribution in [0.25, 0.3) is 22.6 Å². The van der Waals surface area contributed by atoms with Gasteiger partial charge in [-0.2, -0.15) is 0 Å². The molecule has 86 valence electrons. The van der Waals surface area contributed by atoms with Crippen LogP contribution in [0.4, 0.5) is 0 Å². The Bertz CT molecular complexity index is 694. The molecule has 0 amide bonds. The Kier molecular flexibility index (Phi) is 2.04. The van der Waals surface area contributed by atoms with Crippen molar-refractivity contribution in [3.63, 3.8) is 0 Å². The van der Waals surface area contributed by atoms with E-state index in [-0.39, 0.29) is 0 Å². The van der Waals surface area contributed by atoms with Gasteiger partial charge in [0.25, 0.3) is 0 Å². The number of nitrogens with zero attached hydrogens (tertiary/aromatic N) is 2. The Morgan fingerprint density at radius 1 is 1.18 bits per heavy atom. The van der Waals surface area contributed by atoms with Crippen LogP contribution < -0.4 is 0 Å². The summed E-state index contributed by atoms with van der Waals surface area (Å²) in [6.45, 7) is 6.05.